The molecular formula is C10H10N2O. The van der Waals surface area contributed by atoms with Crippen molar-refractivity contribution in [3.05, 3.63) is 24.3 Å². The first kappa shape index (κ1) is 6.95. The number of hydrogen-bond acceptors (Lipinski definition) is 2. The third-order valence-corrected chi connectivity index (χ3v) is 2.74. The van der Waals surface area contributed by atoms with Crippen molar-refractivity contribution in [2.45, 2.75) is 12.5 Å². The number of carbonyl (C=O) groups is 1. The summed E-state index contributed by atoms with van der Waals surface area (Å²) in [5.74, 6) is 0.249. The lowest BCUT2D eigenvalue weighted by Crippen LogP contribution is -2.58. The van der Waals surface area contributed by atoms with Crippen LogP contribution in [0, 0.1) is 0 Å². The van der Waals surface area contributed by atoms with Crippen LogP contribution in [0.5, 0.6) is 0 Å². The molecule has 1 fully saturated rings. The number of rotatable bonds is 0. The summed E-state index contributed by atoms with van der Waals surface area (Å²) in [6, 6.07) is 8.34. The second kappa shape index (κ2) is 2.25. The first-order valence-corrected chi connectivity index (χ1v) is 4.51. The lowest BCUT2D eigenvalue weighted by Gasteiger charge is -2.45. The van der Waals surface area contributed by atoms with Gasteiger partial charge in [-0.2, -0.15) is 0 Å². The molecule has 0 saturated carbocycles. The number of fused-ring (bicyclic) bond motifs is 3. The Balaban J connectivity index is 2.10. The van der Waals surface area contributed by atoms with E-state index in [1.165, 1.54) is 0 Å². The monoisotopic (exact) mass is 174 g/mol. The van der Waals surface area contributed by atoms with Crippen molar-refractivity contribution in [1.82, 2.24) is 0 Å². The molecule has 66 valence electrons. The molecule has 1 atom stereocenters. The molecule has 1 N–H and O–H groups in total. The molecule has 3 rings (SSSR count). The molecule has 3 heteroatoms. The van der Waals surface area contributed by atoms with Gasteiger partial charge in [0.25, 0.3) is 0 Å². The molecule has 0 aliphatic carbocycles. The fraction of sp³-hybridized carbons (Fsp3) is 0.300. The minimum Gasteiger partial charge on any atom is -0.381 e. The van der Waals surface area contributed by atoms with Gasteiger partial charge in [-0.05, 0) is 12.1 Å². The maximum Gasteiger partial charge on any atom is 0.229 e. The third-order valence-electron chi connectivity index (χ3n) is 2.74. The Morgan fingerprint density at radius 2 is 2.23 bits per heavy atom. The van der Waals surface area contributed by atoms with Crippen LogP contribution in [-0.2, 0) is 4.79 Å². The van der Waals surface area contributed by atoms with E-state index in [-0.39, 0.29) is 5.91 Å². The van der Waals surface area contributed by atoms with E-state index >= 15 is 0 Å². The van der Waals surface area contributed by atoms with Crippen LogP contribution < -0.4 is 10.2 Å². The smallest absolute Gasteiger partial charge is 0.229 e. The molecule has 0 spiro atoms. The maximum atomic E-state index is 11.3. The first-order valence-electron chi connectivity index (χ1n) is 4.51. The molecule has 3 nitrogen and oxygen atoms in total. The van der Waals surface area contributed by atoms with E-state index in [0.29, 0.717) is 12.5 Å². The molecule has 2 aliphatic heterocycles. The zero-order valence-corrected chi connectivity index (χ0v) is 7.16. The summed E-state index contributed by atoms with van der Waals surface area (Å²) in [6.07, 6.45) is 0.696. The Bertz CT molecular complexity index is 375. The second-order valence-corrected chi connectivity index (χ2v) is 3.52. The van der Waals surface area contributed by atoms with Gasteiger partial charge >= 0.3 is 0 Å². The molecular weight excluding hydrogens is 164 g/mol. The number of anilines is 2. The van der Waals surface area contributed by atoms with Gasteiger partial charge in [0.05, 0.1) is 17.4 Å². The minimum atomic E-state index is 0.249. The molecule has 1 amide bonds. The number of carbonyl (C=O) groups excluding carboxylic acids is 1. The molecule has 2 aliphatic rings. The highest BCUT2D eigenvalue weighted by Crippen LogP contribution is 2.37. The molecule has 2 heterocycles. The van der Waals surface area contributed by atoms with Crippen LogP contribution in [0.4, 0.5) is 11.4 Å². The van der Waals surface area contributed by atoms with E-state index in [2.05, 4.69) is 5.32 Å². The summed E-state index contributed by atoms with van der Waals surface area (Å²) in [7, 11) is 0. The molecule has 0 radical (unpaired) electrons. The normalized spacial score (nSPS) is 24.2. The van der Waals surface area contributed by atoms with Crippen LogP contribution in [0.3, 0.4) is 0 Å². The van der Waals surface area contributed by atoms with Gasteiger partial charge in [0.15, 0.2) is 0 Å². The largest absolute Gasteiger partial charge is 0.381 e. The summed E-state index contributed by atoms with van der Waals surface area (Å²) in [6.45, 7) is 0.892. The topological polar surface area (TPSA) is 32.3 Å². The van der Waals surface area contributed by atoms with Crippen molar-refractivity contribution in [3.8, 4) is 0 Å². The number of β-lactam (4-membered cyclic amide) rings is 1. The highest BCUT2D eigenvalue weighted by atomic mass is 16.2. The number of hydrogen-bond donors (Lipinski definition) is 1. The Labute approximate surface area is 76.4 Å². The standard InChI is InChI=1S/C10H10N2O/c13-10-5-7-6-11-8-3-1-2-4-9(8)12(7)10/h1-4,7,11H,5-6H2. The highest BCUT2D eigenvalue weighted by Gasteiger charge is 2.40. The van der Waals surface area contributed by atoms with Gasteiger partial charge in [0.2, 0.25) is 5.91 Å². The van der Waals surface area contributed by atoms with Crippen LogP contribution in [0.25, 0.3) is 0 Å². The zero-order valence-electron chi connectivity index (χ0n) is 7.16. The average Bonchev–Trinajstić information content (AvgIpc) is 2.14. The predicted octanol–water partition coefficient (Wildman–Crippen LogP) is 1.22. The summed E-state index contributed by atoms with van der Waals surface area (Å²) < 4.78 is 0. The lowest BCUT2D eigenvalue weighted by molar-refractivity contribution is -0.123. The van der Waals surface area contributed by atoms with E-state index < -0.39 is 0 Å². The number of benzene rings is 1. The van der Waals surface area contributed by atoms with Crippen molar-refractivity contribution >= 4 is 17.3 Å². The Hall–Kier alpha value is -1.51. The Morgan fingerprint density at radius 3 is 3.08 bits per heavy atom. The van der Waals surface area contributed by atoms with E-state index in [9.17, 15) is 4.79 Å². The predicted molar refractivity (Wildman–Crippen MR) is 50.8 cm³/mol. The number of amides is 1. The van der Waals surface area contributed by atoms with Crippen molar-refractivity contribution in [1.29, 1.82) is 0 Å². The molecule has 0 bridgehead atoms. The van der Waals surface area contributed by atoms with Crippen LogP contribution in [-0.4, -0.2) is 18.5 Å². The molecule has 1 unspecified atom stereocenters. The van der Waals surface area contributed by atoms with E-state index in [0.717, 1.165) is 17.9 Å². The Morgan fingerprint density at radius 1 is 1.38 bits per heavy atom. The molecule has 1 saturated heterocycles. The minimum absolute atomic E-state index is 0.249. The van der Waals surface area contributed by atoms with Gasteiger partial charge in [-0.3, -0.25) is 4.79 Å². The van der Waals surface area contributed by atoms with Crippen LogP contribution >= 0.6 is 0 Å². The zero-order chi connectivity index (χ0) is 8.84. The fourth-order valence-electron chi connectivity index (χ4n) is 2.04. The highest BCUT2D eigenvalue weighted by molar-refractivity contribution is 6.04. The summed E-state index contributed by atoms with van der Waals surface area (Å²) in [5.41, 5.74) is 2.11. The third kappa shape index (κ3) is 0.813. The fourth-order valence-corrected chi connectivity index (χ4v) is 2.04. The number of nitrogens with one attached hydrogen (secondary N) is 1. The van der Waals surface area contributed by atoms with Crippen LogP contribution in [0.15, 0.2) is 24.3 Å². The maximum absolute atomic E-state index is 11.3. The molecule has 1 aromatic carbocycles. The number of nitrogens with zero attached hydrogens (tertiary/aromatic N) is 1. The van der Waals surface area contributed by atoms with Gasteiger partial charge in [-0.15, -0.1) is 0 Å². The van der Waals surface area contributed by atoms with Gasteiger partial charge in [-0.1, -0.05) is 12.1 Å². The second-order valence-electron chi connectivity index (χ2n) is 3.52. The van der Waals surface area contributed by atoms with E-state index in [4.69, 9.17) is 0 Å². The average molecular weight is 174 g/mol. The van der Waals surface area contributed by atoms with Crippen molar-refractivity contribution < 1.29 is 4.79 Å². The van der Waals surface area contributed by atoms with Crippen LogP contribution in [0.2, 0.25) is 0 Å². The van der Waals surface area contributed by atoms with Gasteiger partial charge in [0, 0.05) is 13.0 Å². The van der Waals surface area contributed by atoms with Crippen molar-refractivity contribution in [2.24, 2.45) is 0 Å². The Kier molecular flexibility index (Phi) is 1.20. The van der Waals surface area contributed by atoms with Crippen LogP contribution in [0.1, 0.15) is 6.42 Å². The SMILES string of the molecule is O=C1CC2CNc3ccccc3N12. The van der Waals surface area contributed by atoms with Crippen molar-refractivity contribution in [2.75, 3.05) is 16.8 Å². The quantitative estimate of drug-likeness (QED) is 0.600. The summed E-state index contributed by atoms with van der Waals surface area (Å²) >= 11 is 0. The van der Waals surface area contributed by atoms with Gasteiger partial charge in [-0.25, -0.2) is 0 Å². The first-order chi connectivity index (χ1) is 6.36. The van der Waals surface area contributed by atoms with Gasteiger partial charge < -0.3 is 10.2 Å². The number of para-hydroxylation sites is 2. The summed E-state index contributed by atoms with van der Waals surface area (Å²) in [5, 5.41) is 3.32. The summed E-state index contributed by atoms with van der Waals surface area (Å²) in [4.78, 5) is 13.2. The van der Waals surface area contributed by atoms with E-state index in [1.54, 1.807) is 0 Å². The van der Waals surface area contributed by atoms with Gasteiger partial charge in [0.1, 0.15) is 0 Å². The van der Waals surface area contributed by atoms with Crippen molar-refractivity contribution in [3.63, 3.8) is 0 Å². The molecule has 1 aromatic rings. The van der Waals surface area contributed by atoms with E-state index in [1.807, 2.05) is 29.2 Å². The lowest BCUT2D eigenvalue weighted by atomic mass is 9.97. The molecule has 0 aromatic heterocycles. The molecule has 13 heavy (non-hydrogen) atoms.